The van der Waals surface area contributed by atoms with Crippen molar-refractivity contribution in [2.75, 3.05) is 0 Å². The third-order valence-corrected chi connectivity index (χ3v) is 4.31. The van der Waals surface area contributed by atoms with Gasteiger partial charge in [-0.1, -0.05) is 39.5 Å². The smallest absolute Gasteiger partial charge is 0.185 e. The summed E-state index contributed by atoms with van der Waals surface area (Å²) in [7, 11) is 0. The van der Waals surface area contributed by atoms with Crippen LogP contribution in [0.15, 0.2) is 0 Å². The van der Waals surface area contributed by atoms with E-state index in [0.717, 1.165) is 25.7 Å². The second kappa shape index (κ2) is 9.71. The number of rotatable bonds is 12. The molecule has 0 aromatic carbocycles. The van der Waals surface area contributed by atoms with Gasteiger partial charge in [-0.25, -0.2) is 0 Å². The SMILES string of the molecule is CCCCC(CC)CC(OC(C(C)=O)C(C)=O)(C(C)=O)C(C)=O. The van der Waals surface area contributed by atoms with Gasteiger partial charge in [0.15, 0.2) is 34.8 Å². The number of carbonyl (C=O) groups excluding carboxylic acids is 4. The summed E-state index contributed by atoms with van der Waals surface area (Å²) in [4.78, 5) is 47.8. The molecule has 0 rings (SSSR count). The van der Waals surface area contributed by atoms with Gasteiger partial charge in [-0.3, -0.25) is 19.2 Å². The van der Waals surface area contributed by atoms with Crippen LogP contribution in [0.3, 0.4) is 0 Å². The summed E-state index contributed by atoms with van der Waals surface area (Å²) in [5.41, 5.74) is -1.71. The van der Waals surface area contributed by atoms with E-state index in [0.29, 0.717) is 0 Å². The Morgan fingerprint density at radius 2 is 1.39 bits per heavy atom. The molecule has 0 saturated heterocycles. The zero-order chi connectivity index (χ0) is 18.2. The average Bonchev–Trinajstić information content (AvgIpc) is 2.45. The van der Waals surface area contributed by atoms with Gasteiger partial charge in [0.2, 0.25) is 0 Å². The van der Waals surface area contributed by atoms with E-state index in [1.807, 2.05) is 6.92 Å². The van der Waals surface area contributed by atoms with Crippen LogP contribution in [0.2, 0.25) is 0 Å². The molecule has 0 saturated carbocycles. The van der Waals surface area contributed by atoms with Gasteiger partial charge < -0.3 is 4.74 Å². The molecule has 0 heterocycles. The number of ether oxygens (including phenoxy) is 1. The second-order valence-electron chi connectivity index (χ2n) is 6.28. The van der Waals surface area contributed by atoms with E-state index in [1.165, 1.54) is 27.7 Å². The molecule has 0 N–H and O–H groups in total. The van der Waals surface area contributed by atoms with E-state index in [9.17, 15) is 19.2 Å². The van der Waals surface area contributed by atoms with E-state index in [2.05, 4.69) is 6.92 Å². The number of hydrogen-bond acceptors (Lipinski definition) is 5. The summed E-state index contributed by atoms with van der Waals surface area (Å²) in [6.45, 7) is 9.10. The maximum absolute atomic E-state index is 12.2. The topological polar surface area (TPSA) is 77.5 Å². The monoisotopic (exact) mass is 326 g/mol. The van der Waals surface area contributed by atoms with E-state index in [-0.39, 0.29) is 12.3 Å². The standard InChI is InChI=1S/C18H30O5/c1-7-9-10-16(8-2)11-18(14(5)21,15(6)22)23-17(12(3)19)13(4)20/h16-17H,7-11H2,1-6H3. The first kappa shape index (κ1) is 21.6. The van der Waals surface area contributed by atoms with Gasteiger partial charge in [0.1, 0.15) is 0 Å². The van der Waals surface area contributed by atoms with Crippen LogP contribution in [0, 0.1) is 5.92 Å². The number of Topliss-reactive ketones (excluding diaryl/α,β-unsaturated/α-hetero) is 4. The highest BCUT2D eigenvalue weighted by atomic mass is 16.5. The van der Waals surface area contributed by atoms with Crippen molar-refractivity contribution in [3.63, 3.8) is 0 Å². The van der Waals surface area contributed by atoms with Gasteiger partial charge in [-0.2, -0.15) is 0 Å². The van der Waals surface area contributed by atoms with Crippen LogP contribution in [0.5, 0.6) is 0 Å². The molecule has 1 unspecified atom stereocenters. The molecule has 0 aliphatic carbocycles. The van der Waals surface area contributed by atoms with Crippen molar-refractivity contribution in [1.29, 1.82) is 0 Å². The van der Waals surface area contributed by atoms with E-state index < -0.39 is 34.8 Å². The Morgan fingerprint density at radius 3 is 1.70 bits per heavy atom. The summed E-state index contributed by atoms with van der Waals surface area (Å²) in [5, 5.41) is 0. The lowest BCUT2D eigenvalue weighted by molar-refractivity contribution is -0.171. The molecule has 0 spiro atoms. The second-order valence-corrected chi connectivity index (χ2v) is 6.28. The van der Waals surface area contributed by atoms with Crippen LogP contribution in [0.25, 0.3) is 0 Å². The van der Waals surface area contributed by atoms with Crippen LogP contribution in [0.1, 0.15) is 73.6 Å². The maximum atomic E-state index is 12.2. The Morgan fingerprint density at radius 1 is 0.913 bits per heavy atom. The Kier molecular flexibility index (Phi) is 9.13. The summed E-state index contributed by atoms with van der Waals surface area (Å²) >= 11 is 0. The summed E-state index contributed by atoms with van der Waals surface area (Å²) in [5.74, 6) is -1.76. The highest BCUT2D eigenvalue weighted by Gasteiger charge is 2.46. The molecule has 0 aliphatic heterocycles. The van der Waals surface area contributed by atoms with Crippen molar-refractivity contribution in [1.82, 2.24) is 0 Å². The Bertz CT molecular complexity index is 424. The predicted molar refractivity (Wildman–Crippen MR) is 88.3 cm³/mol. The van der Waals surface area contributed by atoms with Gasteiger partial charge in [0.25, 0.3) is 0 Å². The highest BCUT2D eigenvalue weighted by Crippen LogP contribution is 2.30. The fourth-order valence-corrected chi connectivity index (χ4v) is 2.75. The van der Waals surface area contributed by atoms with Crippen molar-refractivity contribution in [2.24, 2.45) is 5.92 Å². The van der Waals surface area contributed by atoms with Crippen molar-refractivity contribution in [3.8, 4) is 0 Å². The van der Waals surface area contributed by atoms with Gasteiger partial charge >= 0.3 is 0 Å². The molecular weight excluding hydrogens is 296 g/mol. The molecule has 5 nitrogen and oxygen atoms in total. The first-order valence-electron chi connectivity index (χ1n) is 8.33. The summed E-state index contributed by atoms with van der Waals surface area (Å²) < 4.78 is 5.60. The molecular formula is C18H30O5. The minimum atomic E-state index is -1.71. The highest BCUT2D eigenvalue weighted by molar-refractivity contribution is 6.10. The number of unbranched alkanes of at least 4 members (excludes halogenated alkanes) is 1. The quantitative estimate of drug-likeness (QED) is 0.515. The third kappa shape index (κ3) is 5.98. The molecule has 0 aromatic rings. The van der Waals surface area contributed by atoms with Crippen molar-refractivity contribution < 1.29 is 23.9 Å². The lowest BCUT2D eigenvalue weighted by Crippen LogP contribution is -2.53. The third-order valence-electron chi connectivity index (χ3n) is 4.31. The van der Waals surface area contributed by atoms with Gasteiger partial charge in [0.05, 0.1) is 0 Å². The van der Waals surface area contributed by atoms with Gasteiger partial charge in [-0.05, 0) is 40.0 Å². The minimum Gasteiger partial charge on any atom is -0.340 e. The molecule has 5 heteroatoms. The largest absolute Gasteiger partial charge is 0.340 e. The van der Waals surface area contributed by atoms with Crippen molar-refractivity contribution in [2.45, 2.75) is 85.4 Å². The van der Waals surface area contributed by atoms with E-state index in [4.69, 9.17) is 4.74 Å². The molecule has 0 fully saturated rings. The Labute approximate surface area is 139 Å². The van der Waals surface area contributed by atoms with E-state index >= 15 is 0 Å². The van der Waals surface area contributed by atoms with Crippen LogP contribution >= 0.6 is 0 Å². The fourth-order valence-electron chi connectivity index (χ4n) is 2.75. The van der Waals surface area contributed by atoms with Crippen LogP contribution < -0.4 is 0 Å². The molecule has 0 amide bonds. The number of ketones is 4. The average molecular weight is 326 g/mol. The van der Waals surface area contributed by atoms with Crippen LogP contribution in [-0.4, -0.2) is 34.8 Å². The lowest BCUT2D eigenvalue weighted by Gasteiger charge is -2.34. The van der Waals surface area contributed by atoms with Crippen LogP contribution in [-0.2, 0) is 23.9 Å². The molecule has 0 radical (unpaired) electrons. The Hall–Kier alpha value is -1.36. The van der Waals surface area contributed by atoms with Crippen molar-refractivity contribution in [3.05, 3.63) is 0 Å². The van der Waals surface area contributed by atoms with Crippen molar-refractivity contribution >= 4 is 23.1 Å². The number of carbonyl (C=O) groups is 4. The zero-order valence-electron chi connectivity index (χ0n) is 15.2. The summed E-state index contributed by atoms with van der Waals surface area (Å²) in [6.07, 6.45) is 2.54. The fraction of sp³-hybridized carbons (Fsp3) is 0.778. The van der Waals surface area contributed by atoms with Crippen LogP contribution in [0.4, 0.5) is 0 Å². The molecule has 0 bridgehead atoms. The first-order chi connectivity index (χ1) is 10.6. The number of hydrogen-bond donors (Lipinski definition) is 0. The zero-order valence-corrected chi connectivity index (χ0v) is 15.2. The lowest BCUT2D eigenvalue weighted by atomic mass is 9.80. The molecule has 0 aromatic heterocycles. The maximum Gasteiger partial charge on any atom is 0.185 e. The molecule has 23 heavy (non-hydrogen) atoms. The molecule has 1 atom stereocenters. The summed E-state index contributed by atoms with van der Waals surface area (Å²) in [6, 6.07) is 0. The Balaban J connectivity index is 5.63. The molecule has 0 aliphatic rings. The van der Waals surface area contributed by atoms with E-state index in [1.54, 1.807) is 0 Å². The minimum absolute atomic E-state index is 0.127. The predicted octanol–water partition coefficient (Wildman–Crippen LogP) is 3.07. The normalized spacial score (nSPS) is 13.0. The first-order valence-corrected chi connectivity index (χ1v) is 8.33. The van der Waals surface area contributed by atoms with Gasteiger partial charge in [0, 0.05) is 0 Å². The van der Waals surface area contributed by atoms with Gasteiger partial charge in [-0.15, -0.1) is 0 Å². The molecule has 132 valence electrons.